The standard InChI is InChI=1S/C15H13N3OS2/c19-14(11-3-5-16-6-4-11)18-13(15-17-7-9-21-15)10-12-2-1-8-20-12/h1-9,13H,10H2,(H,18,19)/t13-/m0/s1. The quantitative estimate of drug-likeness (QED) is 0.786. The van der Waals surface area contributed by atoms with E-state index in [1.807, 2.05) is 16.8 Å². The molecule has 0 aliphatic rings. The van der Waals surface area contributed by atoms with Gasteiger partial charge in [0.2, 0.25) is 0 Å². The summed E-state index contributed by atoms with van der Waals surface area (Å²) in [5.41, 5.74) is 0.609. The van der Waals surface area contributed by atoms with E-state index in [2.05, 4.69) is 21.4 Å². The highest BCUT2D eigenvalue weighted by molar-refractivity contribution is 7.10. The van der Waals surface area contributed by atoms with Crippen LogP contribution in [-0.2, 0) is 6.42 Å². The van der Waals surface area contributed by atoms with Crippen molar-refractivity contribution in [3.05, 3.63) is 69.1 Å². The van der Waals surface area contributed by atoms with Crippen LogP contribution in [0.25, 0.3) is 0 Å². The van der Waals surface area contributed by atoms with Gasteiger partial charge in [0.15, 0.2) is 0 Å². The largest absolute Gasteiger partial charge is 0.342 e. The van der Waals surface area contributed by atoms with Gasteiger partial charge >= 0.3 is 0 Å². The number of thiophene rings is 1. The van der Waals surface area contributed by atoms with E-state index in [0.29, 0.717) is 5.56 Å². The summed E-state index contributed by atoms with van der Waals surface area (Å²) in [5, 5.41) is 7.95. The fraction of sp³-hybridized carbons (Fsp3) is 0.133. The Balaban J connectivity index is 1.78. The van der Waals surface area contributed by atoms with Gasteiger partial charge in [0, 0.05) is 40.8 Å². The van der Waals surface area contributed by atoms with E-state index < -0.39 is 0 Å². The second-order valence-electron chi connectivity index (χ2n) is 4.42. The third kappa shape index (κ3) is 3.53. The van der Waals surface area contributed by atoms with Crippen LogP contribution >= 0.6 is 22.7 Å². The van der Waals surface area contributed by atoms with Gasteiger partial charge in [-0.1, -0.05) is 6.07 Å². The van der Waals surface area contributed by atoms with Gasteiger partial charge in [-0.2, -0.15) is 0 Å². The molecule has 0 radical (unpaired) electrons. The van der Waals surface area contributed by atoms with Crippen molar-refractivity contribution < 1.29 is 4.79 Å². The lowest BCUT2D eigenvalue weighted by molar-refractivity contribution is 0.0936. The molecule has 3 aromatic rings. The van der Waals surface area contributed by atoms with Crippen molar-refractivity contribution in [1.82, 2.24) is 15.3 Å². The maximum Gasteiger partial charge on any atom is 0.251 e. The first-order valence-corrected chi connectivity index (χ1v) is 8.21. The number of nitrogens with one attached hydrogen (secondary N) is 1. The number of hydrogen-bond acceptors (Lipinski definition) is 5. The molecule has 1 atom stereocenters. The number of hydrogen-bond donors (Lipinski definition) is 1. The van der Waals surface area contributed by atoms with Crippen LogP contribution in [0.3, 0.4) is 0 Å². The van der Waals surface area contributed by atoms with Gasteiger partial charge in [-0.15, -0.1) is 22.7 Å². The summed E-state index contributed by atoms with van der Waals surface area (Å²) in [6.07, 6.45) is 5.75. The van der Waals surface area contributed by atoms with Crippen molar-refractivity contribution in [3.63, 3.8) is 0 Å². The Morgan fingerprint density at radius 1 is 1.14 bits per heavy atom. The number of nitrogens with zero attached hydrogens (tertiary/aromatic N) is 2. The maximum absolute atomic E-state index is 12.3. The van der Waals surface area contributed by atoms with E-state index in [-0.39, 0.29) is 11.9 Å². The summed E-state index contributed by atoms with van der Waals surface area (Å²) >= 11 is 3.24. The number of amides is 1. The molecule has 0 fully saturated rings. The Kier molecular flexibility index (Phi) is 4.37. The van der Waals surface area contributed by atoms with E-state index in [9.17, 15) is 4.79 Å². The van der Waals surface area contributed by atoms with Crippen LogP contribution in [0.1, 0.15) is 26.3 Å². The molecular weight excluding hydrogens is 302 g/mol. The number of aromatic nitrogens is 2. The van der Waals surface area contributed by atoms with Crippen molar-refractivity contribution in [2.75, 3.05) is 0 Å². The predicted octanol–water partition coefficient (Wildman–Crippen LogP) is 3.31. The van der Waals surface area contributed by atoms with Crippen molar-refractivity contribution in [3.8, 4) is 0 Å². The van der Waals surface area contributed by atoms with Gasteiger partial charge in [-0.3, -0.25) is 9.78 Å². The molecule has 4 nitrogen and oxygen atoms in total. The molecule has 0 bridgehead atoms. The van der Waals surface area contributed by atoms with E-state index in [1.165, 1.54) is 4.88 Å². The van der Waals surface area contributed by atoms with Crippen LogP contribution in [0.4, 0.5) is 0 Å². The molecule has 0 saturated heterocycles. The minimum absolute atomic E-state index is 0.103. The zero-order chi connectivity index (χ0) is 14.5. The molecule has 0 spiro atoms. The van der Waals surface area contributed by atoms with Crippen LogP contribution in [0.2, 0.25) is 0 Å². The summed E-state index contributed by atoms with van der Waals surface area (Å²) in [7, 11) is 0. The summed E-state index contributed by atoms with van der Waals surface area (Å²) in [4.78, 5) is 21.8. The Bertz CT molecular complexity index is 681. The second-order valence-corrected chi connectivity index (χ2v) is 6.37. The average molecular weight is 315 g/mol. The molecule has 0 saturated carbocycles. The first-order valence-electron chi connectivity index (χ1n) is 6.45. The van der Waals surface area contributed by atoms with Crippen molar-refractivity contribution in [2.24, 2.45) is 0 Å². The minimum atomic E-state index is -0.107. The third-order valence-electron chi connectivity index (χ3n) is 2.98. The number of carbonyl (C=O) groups is 1. The van der Waals surface area contributed by atoms with Gasteiger partial charge in [-0.25, -0.2) is 4.98 Å². The summed E-state index contributed by atoms with van der Waals surface area (Å²) in [6, 6.07) is 7.40. The topological polar surface area (TPSA) is 54.9 Å². The molecule has 0 aliphatic carbocycles. The molecule has 0 aromatic carbocycles. The molecule has 1 amide bonds. The number of rotatable bonds is 5. The number of carbonyl (C=O) groups excluding carboxylic acids is 1. The lowest BCUT2D eigenvalue weighted by Crippen LogP contribution is -2.29. The Labute approximate surface area is 130 Å². The molecule has 1 N–H and O–H groups in total. The van der Waals surface area contributed by atoms with Crippen molar-refractivity contribution in [1.29, 1.82) is 0 Å². The lowest BCUT2D eigenvalue weighted by Gasteiger charge is -2.15. The maximum atomic E-state index is 12.3. The first-order chi connectivity index (χ1) is 10.3. The van der Waals surface area contributed by atoms with Gasteiger partial charge in [0.05, 0.1) is 6.04 Å². The molecule has 0 unspecified atom stereocenters. The van der Waals surface area contributed by atoms with E-state index in [1.54, 1.807) is 53.4 Å². The highest BCUT2D eigenvalue weighted by Crippen LogP contribution is 2.23. The predicted molar refractivity (Wildman–Crippen MR) is 84.6 cm³/mol. The Morgan fingerprint density at radius 2 is 2.00 bits per heavy atom. The van der Waals surface area contributed by atoms with Crippen LogP contribution in [0, 0.1) is 0 Å². The lowest BCUT2D eigenvalue weighted by atomic mass is 10.1. The van der Waals surface area contributed by atoms with E-state index in [0.717, 1.165) is 11.4 Å². The average Bonchev–Trinajstić information content (AvgIpc) is 3.21. The SMILES string of the molecule is O=C(N[C@@H](Cc1cccs1)c1nccs1)c1ccncc1. The van der Waals surface area contributed by atoms with Crippen LogP contribution in [-0.4, -0.2) is 15.9 Å². The van der Waals surface area contributed by atoms with Crippen molar-refractivity contribution >= 4 is 28.6 Å². The zero-order valence-corrected chi connectivity index (χ0v) is 12.7. The molecule has 21 heavy (non-hydrogen) atoms. The Morgan fingerprint density at radius 3 is 2.67 bits per heavy atom. The number of pyridine rings is 1. The fourth-order valence-corrected chi connectivity index (χ4v) is 3.42. The highest BCUT2D eigenvalue weighted by Gasteiger charge is 2.19. The van der Waals surface area contributed by atoms with Crippen molar-refractivity contribution in [2.45, 2.75) is 12.5 Å². The van der Waals surface area contributed by atoms with Gasteiger partial charge in [0.25, 0.3) is 5.91 Å². The fourth-order valence-electron chi connectivity index (χ4n) is 1.98. The summed E-state index contributed by atoms with van der Waals surface area (Å²) < 4.78 is 0. The van der Waals surface area contributed by atoms with Crippen LogP contribution in [0.5, 0.6) is 0 Å². The molecule has 6 heteroatoms. The second kappa shape index (κ2) is 6.60. The Hall–Kier alpha value is -2.05. The smallest absolute Gasteiger partial charge is 0.251 e. The molecule has 3 heterocycles. The minimum Gasteiger partial charge on any atom is -0.342 e. The van der Waals surface area contributed by atoms with Gasteiger partial charge < -0.3 is 5.32 Å². The zero-order valence-electron chi connectivity index (χ0n) is 11.1. The summed E-state index contributed by atoms with van der Waals surface area (Å²) in [5.74, 6) is -0.103. The van der Waals surface area contributed by atoms with Gasteiger partial charge in [0.1, 0.15) is 5.01 Å². The first kappa shape index (κ1) is 13.9. The van der Waals surface area contributed by atoms with E-state index in [4.69, 9.17) is 0 Å². The number of thiazole rings is 1. The van der Waals surface area contributed by atoms with E-state index >= 15 is 0 Å². The highest BCUT2D eigenvalue weighted by atomic mass is 32.1. The molecular formula is C15H13N3OS2. The molecule has 3 aromatic heterocycles. The monoisotopic (exact) mass is 315 g/mol. The van der Waals surface area contributed by atoms with Crippen LogP contribution in [0.15, 0.2) is 53.6 Å². The third-order valence-corrected chi connectivity index (χ3v) is 4.77. The molecule has 0 aliphatic heterocycles. The molecule has 106 valence electrons. The van der Waals surface area contributed by atoms with Gasteiger partial charge in [-0.05, 0) is 23.6 Å². The molecule has 3 rings (SSSR count). The normalized spacial score (nSPS) is 12.0. The summed E-state index contributed by atoms with van der Waals surface area (Å²) in [6.45, 7) is 0. The van der Waals surface area contributed by atoms with Crippen LogP contribution < -0.4 is 5.32 Å².